The fourth-order valence-corrected chi connectivity index (χ4v) is 6.05. The summed E-state index contributed by atoms with van der Waals surface area (Å²) in [5.41, 5.74) is 3.99. The first-order valence-corrected chi connectivity index (χ1v) is 12.8. The highest BCUT2D eigenvalue weighted by Crippen LogP contribution is 2.34. The van der Waals surface area contributed by atoms with Gasteiger partial charge in [0.25, 0.3) is 0 Å². The zero-order chi connectivity index (χ0) is 24.6. The Morgan fingerprint density at radius 3 is 2.42 bits per heavy atom. The van der Waals surface area contributed by atoms with Crippen molar-refractivity contribution in [3.63, 3.8) is 0 Å². The maximum atomic E-state index is 14.3. The van der Waals surface area contributed by atoms with Gasteiger partial charge in [0.05, 0.1) is 29.5 Å². The number of pyridine rings is 2. The lowest BCUT2D eigenvalue weighted by atomic mass is 9.98. The lowest BCUT2D eigenvalue weighted by molar-refractivity contribution is 0.110. The van der Waals surface area contributed by atoms with Crippen LogP contribution in [0.15, 0.2) is 60.9 Å². The van der Waals surface area contributed by atoms with Crippen LogP contribution in [-0.4, -0.2) is 66.8 Å². The Balaban J connectivity index is 1.15. The molecule has 7 heteroatoms. The minimum absolute atomic E-state index is 0.206. The molecule has 0 saturated carbocycles. The van der Waals surface area contributed by atoms with E-state index in [1.54, 1.807) is 25.4 Å². The number of rotatable bonds is 4. The number of hydrogen-bond donors (Lipinski definition) is 0. The maximum absolute atomic E-state index is 14.3. The van der Waals surface area contributed by atoms with Gasteiger partial charge < -0.3 is 14.5 Å². The van der Waals surface area contributed by atoms with Gasteiger partial charge >= 0.3 is 0 Å². The largest absolute Gasteiger partial charge is 0.497 e. The molecular weight excluding hydrogens is 453 g/mol. The van der Waals surface area contributed by atoms with Gasteiger partial charge in [-0.3, -0.25) is 14.9 Å². The van der Waals surface area contributed by atoms with Crippen LogP contribution < -0.4 is 14.5 Å². The second-order valence-electron chi connectivity index (χ2n) is 9.94. The van der Waals surface area contributed by atoms with E-state index < -0.39 is 0 Å². The number of hydrogen-bond acceptors (Lipinski definition) is 6. The van der Waals surface area contributed by atoms with Crippen LogP contribution in [-0.2, 0) is 0 Å². The summed E-state index contributed by atoms with van der Waals surface area (Å²) < 4.78 is 19.9. The molecule has 2 saturated heterocycles. The van der Waals surface area contributed by atoms with Gasteiger partial charge in [0.15, 0.2) is 0 Å². The summed E-state index contributed by atoms with van der Waals surface area (Å²) in [6.07, 6.45) is 5.81. The second-order valence-corrected chi connectivity index (χ2v) is 9.94. The van der Waals surface area contributed by atoms with E-state index in [-0.39, 0.29) is 5.82 Å². The molecule has 4 aromatic rings. The van der Waals surface area contributed by atoms with Crippen LogP contribution in [0.2, 0.25) is 0 Å². The Hall–Kier alpha value is -3.45. The van der Waals surface area contributed by atoms with Crippen molar-refractivity contribution < 1.29 is 9.13 Å². The molecule has 0 bridgehead atoms. The summed E-state index contributed by atoms with van der Waals surface area (Å²) in [5.74, 6) is 0.665. The third-order valence-corrected chi connectivity index (χ3v) is 7.88. The lowest BCUT2D eigenvalue weighted by Gasteiger charge is -2.47. The van der Waals surface area contributed by atoms with Crippen molar-refractivity contribution in [2.45, 2.75) is 31.8 Å². The van der Waals surface area contributed by atoms with Crippen molar-refractivity contribution in [2.24, 2.45) is 0 Å². The smallest absolute Gasteiger partial charge is 0.132 e. The molecule has 0 N–H and O–H groups in total. The van der Waals surface area contributed by atoms with Crippen molar-refractivity contribution in [1.29, 1.82) is 0 Å². The molecule has 2 aromatic carbocycles. The normalized spacial score (nSPS) is 19.8. The van der Waals surface area contributed by atoms with Crippen LogP contribution >= 0.6 is 0 Å². The van der Waals surface area contributed by atoms with Crippen molar-refractivity contribution >= 4 is 33.2 Å². The minimum Gasteiger partial charge on any atom is -0.497 e. The Labute approximate surface area is 211 Å². The van der Waals surface area contributed by atoms with Gasteiger partial charge in [-0.1, -0.05) is 6.07 Å². The average Bonchev–Trinajstić information content (AvgIpc) is 2.93. The number of methoxy groups -OCH3 is 1. The Bertz CT molecular complexity index is 1390. The van der Waals surface area contributed by atoms with Crippen molar-refractivity contribution in [3.8, 4) is 5.75 Å². The number of piperazine rings is 1. The van der Waals surface area contributed by atoms with E-state index in [1.165, 1.54) is 0 Å². The predicted octanol–water partition coefficient (Wildman–Crippen LogP) is 5.11. The summed E-state index contributed by atoms with van der Waals surface area (Å²) >= 11 is 0. The first kappa shape index (κ1) is 23.0. The zero-order valence-electron chi connectivity index (χ0n) is 20.9. The van der Waals surface area contributed by atoms with E-state index in [9.17, 15) is 4.39 Å². The van der Waals surface area contributed by atoms with Gasteiger partial charge in [-0.2, -0.15) is 0 Å². The number of piperidine rings is 1. The molecule has 2 aromatic heterocycles. The Morgan fingerprint density at radius 2 is 1.64 bits per heavy atom. The van der Waals surface area contributed by atoms with Gasteiger partial charge in [-0.15, -0.1) is 0 Å². The highest BCUT2D eigenvalue weighted by molar-refractivity contribution is 5.93. The van der Waals surface area contributed by atoms with Gasteiger partial charge in [-0.05, 0) is 56.2 Å². The molecule has 0 amide bonds. The molecule has 1 unspecified atom stereocenters. The highest BCUT2D eigenvalue weighted by Gasteiger charge is 2.33. The number of aromatic nitrogens is 2. The van der Waals surface area contributed by atoms with Crippen LogP contribution in [0.1, 0.15) is 19.8 Å². The van der Waals surface area contributed by atoms with Crippen LogP contribution in [0, 0.1) is 5.82 Å². The fourth-order valence-electron chi connectivity index (χ4n) is 6.05. The maximum Gasteiger partial charge on any atom is 0.132 e. The summed E-state index contributed by atoms with van der Waals surface area (Å²) in [6.45, 7) is 7.21. The number of nitrogens with zero attached hydrogens (tertiary/aromatic N) is 5. The molecule has 2 aliphatic rings. The first-order chi connectivity index (χ1) is 17.6. The van der Waals surface area contributed by atoms with Gasteiger partial charge in [0, 0.05) is 74.0 Å². The van der Waals surface area contributed by atoms with E-state index in [2.05, 4.69) is 49.8 Å². The van der Waals surface area contributed by atoms with E-state index in [4.69, 9.17) is 4.74 Å². The van der Waals surface area contributed by atoms with Gasteiger partial charge in [-0.25, -0.2) is 4.39 Å². The molecule has 4 heterocycles. The monoisotopic (exact) mass is 485 g/mol. The highest BCUT2D eigenvalue weighted by atomic mass is 19.1. The second kappa shape index (κ2) is 9.54. The molecule has 6 rings (SSSR count). The van der Waals surface area contributed by atoms with Crippen LogP contribution in [0.3, 0.4) is 0 Å². The molecular formula is C29H32FN5O. The number of fused-ring (bicyclic) bond motifs is 2. The topological polar surface area (TPSA) is 44.7 Å². The predicted molar refractivity (Wildman–Crippen MR) is 144 cm³/mol. The van der Waals surface area contributed by atoms with Crippen LogP contribution in [0.5, 0.6) is 5.75 Å². The van der Waals surface area contributed by atoms with Crippen molar-refractivity contribution in [3.05, 3.63) is 66.7 Å². The molecule has 2 fully saturated rings. The van der Waals surface area contributed by atoms with E-state index in [0.29, 0.717) is 17.5 Å². The average molecular weight is 486 g/mol. The van der Waals surface area contributed by atoms with Gasteiger partial charge in [0.2, 0.25) is 0 Å². The molecule has 0 aliphatic carbocycles. The van der Waals surface area contributed by atoms with Crippen molar-refractivity contribution in [1.82, 2.24) is 14.9 Å². The molecule has 1 atom stereocenters. The number of anilines is 2. The number of benzene rings is 2. The number of halogens is 1. The minimum atomic E-state index is -0.206. The third kappa shape index (κ3) is 4.11. The molecule has 6 nitrogen and oxygen atoms in total. The SMILES string of the molecule is COc1cc(N2CCN(C3CCN(c4ccc(F)c5cccnc45)CC3)C(C)C2)c2ncccc2c1. The third-order valence-electron chi connectivity index (χ3n) is 7.88. The molecule has 0 radical (unpaired) electrons. The Morgan fingerprint density at radius 1 is 0.861 bits per heavy atom. The summed E-state index contributed by atoms with van der Waals surface area (Å²) in [7, 11) is 1.72. The zero-order valence-corrected chi connectivity index (χ0v) is 20.9. The lowest BCUT2D eigenvalue weighted by Crippen LogP contribution is -2.57. The first-order valence-electron chi connectivity index (χ1n) is 12.8. The molecule has 36 heavy (non-hydrogen) atoms. The van der Waals surface area contributed by atoms with E-state index >= 15 is 0 Å². The summed E-state index contributed by atoms with van der Waals surface area (Å²) in [4.78, 5) is 16.7. The van der Waals surface area contributed by atoms with E-state index in [0.717, 1.165) is 79.1 Å². The van der Waals surface area contributed by atoms with E-state index in [1.807, 2.05) is 24.4 Å². The Kier molecular flexibility index (Phi) is 6.09. The summed E-state index contributed by atoms with van der Waals surface area (Å²) in [6, 6.07) is 16.3. The number of ether oxygens (including phenoxy) is 1. The fraction of sp³-hybridized carbons (Fsp3) is 0.379. The van der Waals surface area contributed by atoms with Gasteiger partial charge in [0.1, 0.15) is 11.6 Å². The molecule has 186 valence electrons. The van der Waals surface area contributed by atoms with Crippen molar-refractivity contribution in [2.75, 3.05) is 49.6 Å². The summed E-state index contributed by atoms with van der Waals surface area (Å²) in [5, 5.41) is 1.71. The van der Waals surface area contributed by atoms with Crippen LogP contribution in [0.25, 0.3) is 21.8 Å². The van der Waals surface area contributed by atoms with Crippen LogP contribution in [0.4, 0.5) is 15.8 Å². The molecule has 2 aliphatic heterocycles. The quantitative estimate of drug-likeness (QED) is 0.400. The molecule has 0 spiro atoms. The standard InChI is InChI=1S/C29H32FN5O/c1-20-19-34(27-18-23(36-2)17-21-5-3-11-31-28(21)27)15-16-35(20)22-9-13-33(14-10-22)26-8-7-25(30)24-6-4-12-32-29(24)26/h3-8,11-12,17-18,20,22H,9-10,13-16,19H2,1-2H3.